The number of hydrogen-bond donors (Lipinski definition) is 0. The van der Waals surface area contributed by atoms with Crippen LogP contribution in [0.1, 0.15) is 33.2 Å². The molecule has 0 nitrogen and oxygen atoms in total. The number of halogens is 5. The molecule has 1 unspecified atom stereocenters. The lowest BCUT2D eigenvalue weighted by molar-refractivity contribution is -0.138. The van der Waals surface area contributed by atoms with Crippen molar-refractivity contribution in [1.29, 1.82) is 0 Å². The summed E-state index contributed by atoms with van der Waals surface area (Å²) in [6.07, 6.45) is -4.43. The molecule has 0 aromatic heterocycles. The molecule has 0 N–H and O–H groups in total. The summed E-state index contributed by atoms with van der Waals surface area (Å²) in [5, 5.41) is -0.303. The number of benzene rings is 2. The Kier molecular flexibility index (Phi) is 4.54. The molecule has 21 heavy (non-hydrogen) atoms. The summed E-state index contributed by atoms with van der Waals surface area (Å²) in [7, 11) is 0. The molecule has 0 saturated carbocycles. The number of rotatable bonds is 2. The Morgan fingerprint density at radius 1 is 0.952 bits per heavy atom. The molecule has 0 heterocycles. The molecule has 0 aliphatic rings. The minimum absolute atomic E-state index is 0.0523. The lowest BCUT2D eigenvalue weighted by Crippen LogP contribution is -2.11. The monoisotopic (exact) mass is 332 g/mol. The first-order chi connectivity index (χ1) is 9.71. The van der Waals surface area contributed by atoms with Crippen molar-refractivity contribution in [3.8, 4) is 0 Å². The topological polar surface area (TPSA) is 0 Å². The molecule has 112 valence electrons. The van der Waals surface area contributed by atoms with Gasteiger partial charge in [-0.1, -0.05) is 35.9 Å². The highest BCUT2D eigenvalue weighted by Crippen LogP contribution is 2.40. The molecule has 0 radical (unpaired) electrons. The quantitative estimate of drug-likeness (QED) is 0.566. The van der Waals surface area contributed by atoms with Gasteiger partial charge >= 0.3 is 6.18 Å². The van der Waals surface area contributed by atoms with Gasteiger partial charge in [0, 0.05) is 5.02 Å². The maximum Gasteiger partial charge on any atom is 0.416 e. The molecule has 0 aliphatic heterocycles. The fourth-order valence-electron chi connectivity index (χ4n) is 2.22. The summed E-state index contributed by atoms with van der Waals surface area (Å²) in [6, 6.07) is 8.82. The van der Waals surface area contributed by atoms with Crippen LogP contribution in [0.3, 0.4) is 0 Å². The van der Waals surface area contributed by atoms with E-state index in [2.05, 4.69) is 0 Å². The van der Waals surface area contributed by atoms with Gasteiger partial charge in [0.2, 0.25) is 0 Å². The number of hydrogen-bond acceptors (Lipinski definition) is 0. The van der Waals surface area contributed by atoms with Crippen molar-refractivity contribution in [2.24, 2.45) is 0 Å². The van der Waals surface area contributed by atoms with Gasteiger partial charge in [0.05, 0.1) is 10.9 Å². The van der Waals surface area contributed by atoms with Gasteiger partial charge in [-0.05, 0) is 48.2 Å². The van der Waals surface area contributed by atoms with Crippen LogP contribution in [0.4, 0.5) is 13.2 Å². The molecule has 1 atom stereocenters. The highest BCUT2D eigenvalue weighted by Gasteiger charge is 2.35. The predicted octanol–water partition coefficient (Wildman–Crippen LogP) is 6.30. The molecule has 0 amide bonds. The summed E-state index contributed by atoms with van der Waals surface area (Å²) >= 11 is 12.3. The van der Waals surface area contributed by atoms with E-state index in [4.69, 9.17) is 23.2 Å². The van der Waals surface area contributed by atoms with E-state index < -0.39 is 17.1 Å². The van der Waals surface area contributed by atoms with Crippen molar-refractivity contribution in [3.05, 3.63) is 69.2 Å². The van der Waals surface area contributed by atoms with Crippen LogP contribution in [0, 0.1) is 13.8 Å². The van der Waals surface area contributed by atoms with Crippen molar-refractivity contribution in [1.82, 2.24) is 0 Å². The summed E-state index contributed by atoms with van der Waals surface area (Å²) in [6.45, 7) is 3.58. The molecular formula is C16H13Cl2F3. The van der Waals surface area contributed by atoms with E-state index >= 15 is 0 Å². The van der Waals surface area contributed by atoms with Crippen molar-refractivity contribution < 1.29 is 13.2 Å². The number of aryl methyl sites for hydroxylation is 2. The minimum atomic E-state index is -4.43. The molecule has 2 aromatic rings. The van der Waals surface area contributed by atoms with Crippen molar-refractivity contribution in [3.63, 3.8) is 0 Å². The summed E-state index contributed by atoms with van der Waals surface area (Å²) in [5.74, 6) is 0. The zero-order chi connectivity index (χ0) is 15.8. The van der Waals surface area contributed by atoms with Crippen LogP contribution in [-0.2, 0) is 6.18 Å². The van der Waals surface area contributed by atoms with Crippen LogP contribution in [0.5, 0.6) is 0 Å². The second-order valence-corrected chi connectivity index (χ2v) is 5.75. The van der Waals surface area contributed by atoms with Gasteiger partial charge in [-0.15, -0.1) is 11.6 Å². The third-order valence-corrected chi connectivity index (χ3v) is 4.24. The van der Waals surface area contributed by atoms with Crippen molar-refractivity contribution >= 4 is 23.2 Å². The normalized spacial score (nSPS) is 13.3. The van der Waals surface area contributed by atoms with E-state index in [1.54, 1.807) is 32.0 Å². The Hall–Kier alpha value is -1.19. The predicted molar refractivity (Wildman–Crippen MR) is 80.1 cm³/mol. The van der Waals surface area contributed by atoms with E-state index in [9.17, 15) is 13.2 Å². The standard InChI is InChI=1S/C16H13Cl2F3/c1-9-8-14(17)10(2)7-12(9)15(18)11-5-3-4-6-13(11)16(19,20)21/h3-8,15H,1-2H3. The molecule has 0 aliphatic carbocycles. The molecule has 2 rings (SSSR count). The number of alkyl halides is 4. The van der Waals surface area contributed by atoms with E-state index in [0.29, 0.717) is 10.6 Å². The molecule has 2 aromatic carbocycles. The zero-order valence-corrected chi connectivity index (χ0v) is 12.9. The smallest absolute Gasteiger partial charge is 0.166 e. The van der Waals surface area contributed by atoms with Gasteiger partial charge in [-0.2, -0.15) is 13.2 Å². The third kappa shape index (κ3) is 3.35. The van der Waals surface area contributed by atoms with Crippen LogP contribution >= 0.6 is 23.2 Å². The average molecular weight is 333 g/mol. The van der Waals surface area contributed by atoms with E-state index in [0.717, 1.165) is 17.2 Å². The lowest BCUT2D eigenvalue weighted by Gasteiger charge is -2.19. The summed E-state index contributed by atoms with van der Waals surface area (Å²) in [5.41, 5.74) is 1.53. The van der Waals surface area contributed by atoms with Crippen LogP contribution in [0.25, 0.3) is 0 Å². The Labute approximate surface area is 131 Å². The molecule has 0 bridgehead atoms. The second kappa shape index (κ2) is 5.90. The molecule has 5 heteroatoms. The van der Waals surface area contributed by atoms with Gasteiger partial charge in [-0.25, -0.2) is 0 Å². The average Bonchev–Trinajstić information content (AvgIpc) is 2.41. The first kappa shape index (κ1) is 16.2. The Morgan fingerprint density at radius 3 is 2.19 bits per heavy atom. The fraction of sp³-hybridized carbons (Fsp3) is 0.250. The second-order valence-electron chi connectivity index (χ2n) is 4.91. The van der Waals surface area contributed by atoms with Gasteiger partial charge < -0.3 is 0 Å². The Bertz CT molecular complexity index is 663. The van der Waals surface area contributed by atoms with Gasteiger partial charge in [0.1, 0.15) is 0 Å². The van der Waals surface area contributed by atoms with Crippen LogP contribution in [0.2, 0.25) is 5.02 Å². The SMILES string of the molecule is Cc1cc(C(Cl)c2ccccc2C(F)(F)F)c(C)cc1Cl. The van der Waals surface area contributed by atoms with Crippen LogP contribution in [-0.4, -0.2) is 0 Å². The highest BCUT2D eigenvalue weighted by atomic mass is 35.5. The minimum Gasteiger partial charge on any atom is -0.166 e. The van der Waals surface area contributed by atoms with Gasteiger partial charge in [0.15, 0.2) is 0 Å². The first-order valence-electron chi connectivity index (χ1n) is 6.28. The van der Waals surface area contributed by atoms with Crippen LogP contribution < -0.4 is 0 Å². The fourth-order valence-corrected chi connectivity index (χ4v) is 2.86. The van der Waals surface area contributed by atoms with E-state index in [1.807, 2.05) is 0 Å². The third-order valence-electron chi connectivity index (χ3n) is 3.36. The van der Waals surface area contributed by atoms with E-state index in [-0.39, 0.29) is 5.56 Å². The highest BCUT2D eigenvalue weighted by molar-refractivity contribution is 6.31. The lowest BCUT2D eigenvalue weighted by atomic mass is 9.95. The van der Waals surface area contributed by atoms with Gasteiger partial charge in [-0.3, -0.25) is 0 Å². The van der Waals surface area contributed by atoms with Crippen molar-refractivity contribution in [2.45, 2.75) is 25.4 Å². The van der Waals surface area contributed by atoms with Crippen LogP contribution in [0.15, 0.2) is 36.4 Å². The Balaban J connectivity index is 2.56. The summed E-state index contributed by atoms with van der Waals surface area (Å²) in [4.78, 5) is 0. The first-order valence-corrected chi connectivity index (χ1v) is 7.10. The maximum absolute atomic E-state index is 13.1. The molecule has 0 fully saturated rings. The summed E-state index contributed by atoms with van der Waals surface area (Å²) < 4.78 is 39.3. The Morgan fingerprint density at radius 2 is 1.57 bits per heavy atom. The largest absolute Gasteiger partial charge is 0.416 e. The van der Waals surface area contributed by atoms with Crippen molar-refractivity contribution in [2.75, 3.05) is 0 Å². The molecule has 0 saturated heterocycles. The molecule has 0 spiro atoms. The molecular weight excluding hydrogens is 320 g/mol. The van der Waals surface area contributed by atoms with Gasteiger partial charge in [0.25, 0.3) is 0 Å². The van der Waals surface area contributed by atoms with E-state index in [1.165, 1.54) is 12.1 Å². The maximum atomic E-state index is 13.1. The zero-order valence-electron chi connectivity index (χ0n) is 11.4.